The maximum atomic E-state index is 12.1. The van der Waals surface area contributed by atoms with Gasteiger partial charge >= 0.3 is 0 Å². The number of methoxy groups -OCH3 is 1. The molecule has 2 aromatic heterocycles. The predicted molar refractivity (Wildman–Crippen MR) is 96.8 cm³/mol. The number of aryl methyl sites for hydroxylation is 1. The van der Waals surface area contributed by atoms with Crippen LogP contribution in [0.15, 0.2) is 55.0 Å². The molecule has 1 amide bonds. The zero-order valence-electron chi connectivity index (χ0n) is 14.7. The lowest BCUT2D eigenvalue weighted by Crippen LogP contribution is -2.28. The molecular weight excluding hydrogens is 332 g/mol. The van der Waals surface area contributed by atoms with E-state index in [2.05, 4.69) is 15.4 Å². The summed E-state index contributed by atoms with van der Waals surface area (Å²) < 4.78 is 12.3. The summed E-state index contributed by atoms with van der Waals surface area (Å²) >= 11 is 0. The molecule has 0 unspecified atom stereocenters. The summed E-state index contributed by atoms with van der Waals surface area (Å²) in [4.78, 5) is 16.5. The number of nitrogens with one attached hydrogen (secondary N) is 1. The van der Waals surface area contributed by atoms with Gasteiger partial charge in [-0.1, -0.05) is 6.07 Å². The van der Waals surface area contributed by atoms with Crippen LogP contribution in [0.3, 0.4) is 0 Å². The highest BCUT2D eigenvalue weighted by Crippen LogP contribution is 2.20. The molecule has 1 aromatic carbocycles. The van der Waals surface area contributed by atoms with Crippen molar-refractivity contribution in [1.82, 2.24) is 20.1 Å². The van der Waals surface area contributed by atoms with Crippen molar-refractivity contribution < 1.29 is 14.3 Å². The van der Waals surface area contributed by atoms with Gasteiger partial charge in [0.1, 0.15) is 11.5 Å². The second-order valence-electron chi connectivity index (χ2n) is 5.65. The molecule has 0 aliphatic carbocycles. The van der Waals surface area contributed by atoms with Gasteiger partial charge < -0.3 is 14.8 Å². The van der Waals surface area contributed by atoms with Crippen LogP contribution in [-0.2, 0) is 18.4 Å². The molecule has 134 valence electrons. The number of carbonyl (C=O) groups excluding carboxylic acids is 1. The molecule has 0 saturated carbocycles. The van der Waals surface area contributed by atoms with Crippen LogP contribution in [0, 0.1) is 0 Å². The van der Waals surface area contributed by atoms with Gasteiger partial charge in [-0.3, -0.25) is 14.5 Å². The SMILES string of the molecule is COc1ccc(OCC(=O)NCc2cccnc2-c2cnn(C)c2)cc1. The Hall–Kier alpha value is -3.35. The van der Waals surface area contributed by atoms with Crippen LogP contribution in [-0.4, -0.2) is 34.4 Å². The second kappa shape index (κ2) is 8.15. The summed E-state index contributed by atoms with van der Waals surface area (Å²) in [6.45, 7) is 0.303. The highest BCUT2D eigenvalue weighted by molar-refractivity contribution is 5.77. The third-order valence-corrected chi connectivity index (χ3v) is 3.77. The molecule has 0 spiro atoms. The molecule has 0 aliphatic rings. The van der Waals surface area contributed by atoms with Gasteiger partial charge in [0.15, 0.2) is 6.61 Å². The van der Waals surface area contributed by atoms with Crippen LogP contribution < -0.4 is 14.8 Å². The van der Waals surface area contributed by atoms with E-state index in [0.717, 1.165) is 22.6 Å². The van der Waals surface area contributed by atoms with Crippen LogP contribution in [0.1, 0.15) is 5.56 Å². The minimum atomic E-state index is -0.207. The highest BCUT2D eigenvalue weighted by Gasteiger charge is 2.10. The Labute approximate surface area is 151 Å². The quantitative estimate of drug-likeness (QED) is 0.705. The van der Waals surface area contributed by atoms with Gasteiger partial charge in [0.25, 0.3) is 5.91 Å². The van der Waals surface area contributed by atoms with E-state index in [0.29, 0.717) is 12.3 Å². The van der Waals surface area contributed by atoms with E-state index >= 15 is 0 Å². The van der Waals surface area contributed by atoms with E-state index < -0.39 is 0 Å². The Morgan fingerprint density at radius 3 is 2.65 bits per heavy atom. The largest absolute Gasteiger partial charge is 0.497 e. The molecular formula is C19H20N4O3. The molecule has 7 nitrogen and oxygen atoms in total. The molecule has 0 bridgehead atoms. The Morgan fingerprint density at radius 1 is 1.19 bits per heavy atom. The molecule has 3 rings (SSSR count). The topological polar surface area (TPSA) is 78.3 Å². The standard InChI is InChI=1S/C19H20N4O3/c1-23-12-15(11-22-23)19-14(4-3-9-20-19)10-21-18(24)13-26-17-7-5-16(25-2)6-8-17/h3-9,11-12H,10,13H2,1-2H3,(H,21,24). The number of hydrogen-bond acceptors (Lipinski definition) is 5. The molecule has 0 radical (unpaired) electrons. The smallest absolute Gasteiger partial charge is 0.258 e. The Balaban J connectivity index is 1.56. The molecule has 1 N–H and O–H groups in total. The fourth-order valence-corrected chi connectivity index (χ4v) is 2.45. The summed E-state index contributed by atoms with van der Waals surface area (Å²) in [5, 5.41) is 7.02. The zero-order valence-corrected chi connectivity index (χ0v) is 14.7. The van der Waals surface area contributed by atoms with E-state index in [1.54, 1.807) is 48.5 Å². The normalized spacial score (nSPS) is 10.4. The number of carbonyl (C=O) groups is 1. The summed E-state index contributed by atoms with van der Waals surface area (Å²) in [7, 11) is 3.45. The minimum absolute atomic E-state index is 0.0607. The molecule has 26 heavy (non-hydrogen) atoms. The van der Waals surface area contributed by atoms with Crippen molar-refractivity contribution in [2.75, 3.05) is 13.7 Å². The van der Waals surface area contributed by atoms with E-state index in [-0.39, 0.29) is 12.5 Å². The fourth-order valence-electron chi connectivity index (χ4n) is 2.45. The lowest BCUT2D eigenvalue weighted by Gasteiger charge is -2.10. The van der Waals surface area contributed by atoms with Crippen molar-refractivity contribution in [2.45, 2.75) is 6.54 Å². The number of nitrogens with zero attached hydrogens (tertiary/aromatic N) is 3. The van der Waals surface area contributed by atoms with Gasteiger partial charge in [0.05, 0.1) is 19.0 Å². The molecule has 0 aliphatic heterocycles. The van der Waals surface area contributed by atoms with Crippen LogP contribution in [0.4, 0.5) is 0 Å². The van der Waals surface area contributed by atoms with E-state index in [1.807, 2.05) is 25.4 Å². The van der Waals surface area contributed by atoms with Gasteiger partial charge in [-0.25, -0.2) is 0 Å². The van der Waals surface area contributed by atoms with Crippen molar-refractivity contribution in [3.05, 3.63) is 60.6 Å². The summed E-state index contributed by atoms with van der Waals surface area (Å²) in [5.74, 6) is 1.14. The minimum Gasteiger partial charge on any atom is -0.497 e. The lowest BCUT2D eigenvalue weighted by atomic mass is 10.1. The summed E-state index contributed by atoms with van der Waals surface area (Å²) in [5.41, 5.74) is 2.63. The van der Waals surface area contributed by atoms with Crippen molar-refractivity contribution in [2.24, 2.45) is 7.05 Å². The average Bonchev–Trinajstić information content (AvgIpc) is 3.11. The van der Waals surface area contributed by atoms with Crippen molar-refractivity contribution >= 4 is 5.91 Å². The number of aromatic nitrogens is 3. The number of ether oxygens (including phenoxy) is 2. The monoisotopic (exact) mass is 352 g/mol. The first-order valence-corrected chi connectivity index (χ1v) is 8.12. The zero-order chi connectivity index (χ0) is 18.4. The highest BCUT2D eigenvalue weighted by atomic mass is 16.5. The third kappa shape index (κ3) is 4.38. The fraction of sp³-hybridized carbons (Fsp3) is 0.211. The number of pyridine rings is 1. The van der Waals surface area contributed by atoms with Gasteiger partial charge in [0.2, 0.25) is 0 Å². The average molecular weight is 352 g/mol. The molecule has 0 saturated heterocycles. The Bertz CT molecular complexity index is 875. The lowest BCUT2D eigenvalue weighted by molar-refractivity contribution is -0.123. The molecule has 2 heterocycles. The maximum Gasteiger partial charge on any atom is 0.258 e. The summed E-state index contributed by atoms with van der Waals surface area (Å²) in [6, 6.07) is 10.8. The first kappa shape index (κ1) is 17.5. The number of rotatable bonds is 7. The van der Waals surface area contributed by atoms with Crippen molar-refractivity contribution in [3.63, 3.8) is 0 Å². The van der Waals surface area contributed by atoms with Crippen LogP contribution >= 0.6 is 0 Å². The molecule has 3 aromatic rings. The van der Waals surface area contributed by atoms with Crippen molar-refractivity contribution in [1.29, 1.82) is 0 Å². The van der Waals surface area contributed by atoms with Gasteiger partial charge in [-0.2, -0.15) is 5.10 Å². The Morgan fingerprint density at radius 2 is 1.96 bits per heavy atom. The van der Waals surface area contributed by atoms with Gasteiger partial charge in [-0.05, 0) is 35.9 Å². The third-order valence-electron chi connectivity index (χ3n) is 3.77. The number of hydrogen-bond donors (Lipinski definition) is 1. The number of benzene rings is 1. The molecule has 0 atom stereocenters. The Kier molecular flexibility index (Phi) is 5.48. The predicted octanol–water partition coefficient (Wildman–Crippen LogP) is 2.19. The summed E-state index contributed by atoms with van der Waals surface area (Å²) in [6.07, 6.45) is 5.36. The van der Waals surface area contributed by atoms with E-state index in [9.17, 15) is 4.79 Å². The maximum absolute atomic E-state index is 12.1. The van der Waals surface area contributed by atoms with Crippen molar-refractivity contribution in [3.8, 4) is 22.8 Å². The van der Waals surface area contributed by atoms with Crippen LogP contribution in [0.2, 0.25) is 0 Å². The van der Waals surface area contributed by atoms with E-state index in [1.165, 1.54) is 0 Å². The second-order valence-corrected chi connectivity index (χ2v) is 5.65. The number of amides is 1. The molecule has 0 fully saturated rings. The first-order valence-electron chi connectivity index (χ1n) is 8.12. The van der Waals surface area contributed by atoms with E-state index in [4.69, 9.17) is 9.47 Å². The van der Waals surface area contributed by atoms with Gasteiger partial charge in [-0.15, -0.1) is 0 Å². The van der Waals surface area contributed by atoms with Crippen LogP contribution in [0.5, 0.6) is 11.5 Å². The van der Waals surface area contributed by atoms with Crippen LogP contribution in [0.25, 0.3) is 11.3 Å². The molecule has 7 heteroatoms. The van der Waals surface area contributed by atoms with Gasteiger partial charge in [0, 0.05) is 31.5 Å². The first-order chi connectivity index (χ1) is 12.7.